The quantitative estimate of drug-likeness (QED) is 0.478. The van der Waals surface area contributed by atoms with Crippen LogP contribution in [0.4, 0.5) is 5.69 Å². The third-order valence-electron chi connectivity index (χ3n) is 4.14. The highest BCUT2D eigenvalue weighted by molar-refractivity contribution is 7.99. The standard InChI is InChI=1S/C21H20N4O4S/c1-27-17-11-15(12-18(13-17)28-2)20-23-24-21(29-20)30-14-19(26)25(10-6-9-22)16-7-4-3-5-8-16/h3-5,7-8,11-13H,6,10,14H2,1-2H3. The van der Waals surface area contributed by atoms with Gasteiger partial charge in [-0.15, -0.1) is 10.2 Å². The highest BCUT2D eigenvalue weighted by atomic mass is 32.2. The highest BCUT2D eigenvalue weighted by Gasteiger charge is 2.18. The summed E-state index contributed by atoms with van der Waals surface area (Å²) in [5, 5.41) is 17.2. The van der Waals surface area contributed by atoms with E-state index in [1.165, 1.54) is 0 Å². The minimum absolute atomic E-state index is 0.101. The number of hydrogen-bond donors (Lipinski definition) is 0. The van der Waals surface area contributed by atoms with Crippen LogP contribution in [0.15, 0.2) is 58.2 Å². The van der Waals surface area contributed by atoms with Gasteiger partial charge in [0.1, 0.15) is 11.5 Å². The number of ether oxygens (including phenoxy) is 2. The fourth-order valence-electron chi connectivity index (χ4n) is 2.68. The third-order valence-corrected chi connectivity index (χ3v) is 4.94. The summed E-state index contributed by atoms with van der Waals surface area (Å²) in [4.78, 5) is 14.3. The number of methoxy groups -OCH3 is 2. The van der Waals surface area contributed by atoms with Crippen LogP contribution in [0, 0.1) is 11.3 Å². The lowest BCUT2D eigenvalue weighted by Crippen LogP contribution is -2.33. The molecule has 30 heavy (non-hydrogen) atoms. The molecule has 3 aromatic rings. The Morgan fingerprint density at radius 2 is 1.83 bits per heavy atom. The van der Waals surface area contributed by atoms with E-state index in [0.717, 1.165) is 17.4 Å². The van der Waals surface area contributed by atoms with Crippen molar-refractivity contribution in [1.82, 2.24) is 10.2 Å². The molecule has 2 aromatic carbocycles. The van der Waals surface area contributed by atoms with Crippen LogP contribution < -0.4 is 14.4 Å². The molecule has 0 aliphatic heterocycles. The molecule has 0 saturated heterocycles. The molecule has 0 radical (unpaired) electrons. The van der Waals surface area contributed by atoms with Gasteiger partial charge >= 0.3 is 0 Å². The highest BCUT2D eigenvalue weighted by Crippen LogP contribution is 2.30. The molecule has 0 bridgehead atoms. The molecule has 1 amide bonds. The van der Waals surface area contributed by atoms with Gasteiger partial charge in [-0.1, -0.05) is 30.0 Å². The number of nitrogens with zero attached hydrogens (tertiary/aromatic N) is 4. The van der Waals surface area contributed by atoms with E-state index < -0.39 is 0 Å². The largest absolute Gasteiger partial charge is 0.497 e. The van der Waals surface area contributed by atoms with Crippen molar-refractivity contribution in [2.24, 2.45) is 0 Å². The first-order chi connectivity index (χ1) is 14.6. The van der Waals surface area contributed by atoms with E-state index in [4.69, 9.17) is 19.2 Å². The zero-order valence-corrected chi connectivity index (χ0v) is 17.4. The average Bonchev–Trinajstić information content (AvgIpc) is 3.27. The number of nitriles is 1. The number of thioether (sulfide) groups is 1. The summed E-state index contributed by atoms with van der Waals surface area (Å²) >= 11 is 1.14. The molecule has 0 atom stereocenters. The summed E-state index contributed by atoms with van der Waals surface area (Å²) in [6.07, 6.45) is 0.244. The molecule has 1 heterocycles. The van der Waals surface area contributed by atoms with Crippen LogP contribution in [0.1, 0.15) is 6.42 Å². The number of aromatic nitrogens is 2. The third kappa shape index (κ3) is 5.30. The van der Waals surface area contributed by atoms with Gasteiger partial charge in [0, 0.05) is 23.9 Å². The number of rotatable bonds is 9. The Morgan fingerprint density at radius 3 is 2.47 bits per heavy atom. The van der Waals surface area contributed by atoms with Gasteiger partial charge in [-0.3, -0.25) is 4.79 Å². The SMILES string of the molecule is COc1cc(OC)cc(-c2nnc(SCC(=O)N(CCC#N)c3ccccc3)o2)c1. The summed E-state index contributed by atoms with van der Waals surface area (Å²) in [6, 6.07) is 16.6. The molecule has 0 saturated carbocycles. The fourth-order valence-corrected chi connectivity index (χ4v) is 3.32. The molecule has 0 aliphatic carbocycles. The van der Waals surface area contributed by atoms with E-state index in [-0.39, 0.29) is 23.3 Å². The Balaban J connectivity index is 1.70. The fraction of sp³-hybridized carbons (Fsp3) is 0.238. The second-order valence-corrected chi connectivity index (χ2v) is 6.98. The zero-order valence-electron chi connectivity index (χ0n) is 16.6. The van der Waals surface area contributed by atoms with Gasteiger partial charge in [0.2, 0.25) is 11.8 Å². The van der Waals surface area contributed by atoms with E-state index >= 15 is 0 Å². The Hall–Kier alpha value is -3.51. The molecular weight excluding hydrogens is 404 g/mol. The Morgan fingerprint density at radius 1 is 1.13 bits per heavy atom. The molecule has 0 spiro atoms. The maximum Gasteiger partial charge on any atom is 0.277 e. The molecular formula is C21H20N4O4S. The normalized spacial score (nSPS) is 10.3. The summed E-state index contributed by atoms with van der Waals surface area (Å²) in [5.41, 5.74) is 1.39. The van der Waals surface area contributed by atoms with Gasteiger partial charge < -0.3 is 18.8 Å². The van der Waals surface area contributed by atoms with Crippen molar-refractivity contribution in [3.63, 3.8) is 0 Å². The van der Waals surface area contributed by atoms with E-state index in [2.05, 4.69) is 16.3 Å². The maximum absolute atomic E-state index is 12.7. The molecule has 0 N–H and O–H groups in total. The predicted molar refractivity (Wildman–Crippen MR) is 113 cm³/mol. The number of amides is 1. The number of anilines is 1. The Labute approximate surface area is 178 Å². The first-order valence-corrected chi connectivity index (χ1v) is 10.0. The number of carbonyl (C=O) groups is 1. The number of hydrogen-bond acceptors (Lipinski definition) is 8. The van der Waals surface area contributed by atoms with Gasteiger partial charge in [-0.25, -0.2) is 0 Å². The monoisotopic (exact) mass is 424 g/mol. The van der Waals surface area contributed by atoms with Crippen molar-refractivity contribution in [1.29, 1.82) is 5.26 Å². The second kappa shape index (κ2) is 10.3. The van der Waals surface area contributed by atoms with E-state index in [0.29, 0.717) is 29.5 Å². The first-order valence-electron chi connectivity index (χ1n) is 9.06. The van der Waals surface area contributed by atoms with Crippen LogP contribution in [0.2, 0.25) is 0 Å². The Kier molecular flexibility index (Phi) is 7.29. The lowest BCUT2D eigenvalue weighted by molar-refractivity contribution is -0.116. The number of benzene rings is 2. The van der Waals surface area contributed by atoms with Crippen LogP contribution in [0.5, 0.6) is 11.5 Å². The van der Waals surface area contributed by atoms with Gasteiger partial charge in [-0.2, -0.15) is 5.26 Å². The number of carbonyl (C=O) groups excluding carboxylic acids is 1. The lowest BCUT2D eigenvalue weighted by Gasteiger charge is -2.21. The first kappa shape index (κ1) is 21.2. The molecule has 1 aromatic heterocycles. The summed E-state index contributed by atoms with van der Waals surface area (Å²) in [7, 11) is 3.12. The molecule has 3 rings (SSSR count). The van der Waals surface area contributed by atoms with Crippen LogP contribution in [0.25, 0.3) is 11.5 Å². The van der Waals surface area contributed by atoms with Gasteiger partial charge in [0.25, 0.3) is 5.22 Å². The molecule has 0 unspecified atom stereocenters. The van der Waals surface area contributed by atoms with Gasteiger partial charge in [0.05, 0.1) is 32.5 Å². The summed E-state index contributed by atoms with van der Waals surface area (Å²) in [5.74, 6) is 1.45. The van der Waals surface area contributed by atoms with Crippen LogP contribution in [-0.4, -0.2) is 42.6 Å². The second-order valence-electron chi connectivity index (χ2n) is 6.05. The van der Waals surface area contributed by atoms with Crippen molar-refractivity contribution in [2.45, 2.75) is 11.6 Å². The van der Waals surface area contributed by atoms with Crippen molar-refractivity contribution in [3.05, 3.63) is 48.5 Å². The van der Waals surface area contributed by atoms with Crippen molar-refractivity contribution < 1.29 is 18.7 Å². The minimum Gasteiger partial charge on any atom is -0.497 e. The molecule has 0 aliphatic rings. The Bertz CT molecular complexity index is 1010. The van der Waals surface area contributed by atoms with E-state index in [9.17, 15) is 4.79 Å². The zero-order chi connectivity index (χ0) is 21.3. The maximum atomic E-state index is 12.7. The van der Waals surface area contributed by atoms with Crippen molar-refractivity contribution in [2.75, 3.05) is 31.4 Å². The van der Waals surface area contributed by atoms with Crippen molar-refractivity contribution in [3.8, 4) is 29.0 Å². The topological polar surface area (TPSA) is 101 Å². The summed E-state index contributed by atoms with van der Waals surface area (Å²) in [6.45, 7) is 0.318. The molecule has 154 valence electrons. The lowest BCUT2D eigenvalue weighted by atomic mass is 10.2. The van der Waals surface area contributed by atoms with Crippen LogP contribution in [-0.2, 0) is 4.79 Å². The van der Waals surface area contributed by atoms with E-state index in [1.54, 1.807) is 37.3 Å². The van der Waals surface area contributed by atoms with Crippen LogP contribution >= 0.6 is 11.8 Å². The number of para-hydroxylation sites is 1. The van der Waals surface area contributed by atoms with Crippen LogP contribution in [0.3, 0.4) is 0 Å². The molecule has 0 fully saturated rings. The molecule has 9 heteroatoms. The summed E-state index contributed by atoms with van der Waals surface area (Å²) < 4.78 is 16.2. The van der Waals surface area contributed by atoms with E-state index in [1.807, 2.05) is 30.3 Å². The van der Waals surface area contributed by atoms with Gasteiger partial charge in [0.15, 0.2) is 0 Å². The van der Waals surface area contributed by atoms with Gasteiger partial charge in [-0.05, 0) is 24.3 Å². The smallest absolute Gasteiger partial charge is 0.277 e. The minimum atomic E-state index is -0.149. The molecule has 8 nitrogen and oxygen atoms in total. The average molecular weight is 424 g/mol. The van der Waals surface area contributed by atoms with Crippen molar-refractivity contribution >= 4 is 23.4 Å². The predicted octanol–water partition coefficient (Wildman–Crippen LogP) is 3.79.